The molecule has 1 aromatic carbocycles. The standard InChI is InChI=1S/C15H25N3O2.HI/c1-4-20-9-5-8-17-15(16)18-11-13-6-7-14(19-3)12(2)10-13;/h6-7,10H,4-5,8-9,11H2,1-3H3,(H3,16,17,18);1H. The number of hydrogen-bond donors (Lipinski definition) is 2. The van der Waals surface area contributed by atoms with Crippen LogP contribution in [0.3, 0.4) is 0 Å². The molecule has 0 radical (unpaired) electrons. The van der Waals surface area contributed by atoms with Gasteiger partial charge in [0.05, 0.1) is 13.7 Å². The van der Waals surface area contributed by atoms with Crippen LogP contribution in [0.1, 0.15) is 24.5 Å². The van der Waals surface area contributed by atoms with Crippen molar-refractivity contribution in [3.05, 3.63) is 29.3 Å². The van der Waals surface area contributed by atoms with E-state index in [2.05, 4.69) is 16.4 Å². The highest BCUT2D eigenvalue weighted by Gasteiger charge is 1.99. The third kappa shape index (κ3) is 8.11. The highest BCUT2D eigenvalue weighted by Crippen LogP contribution is 2.18. The van der Waals surface area contributed by atoms with Crippen LogP contribution in [0.5, 0.6) is 5.75 Å². The molecule has 0 aliphatic rings. The number of nitrogens with two attached hydrogens (primary N) is 1. The average Bonchev–Trinajstić information content (AvgIpc) is 2.45. The molecule has 0 aliphatic carbocycles. The van der Waals surface area contributed by atoms with E-state index in [1.807, 2.05) is 26.0 Å². The number of benzene rings is 1. The Balaban J connectivity index is 0.00000400. The molecule has 0 unspecified atom stereocenters. The van der Waals surface area contributed by atoms with E-state index in [-0.39, 0.29) is 24.0 Å². The van der Waals surface area contributed by atoms with Gasteiger partial charge in [-0.3, -0.25) is 0 Å². The molecule has 1 aromatic rings. The number of methoxy groups -OCH3 is 1. The van der Waals surface area contributed by atoms with Crippen LogP contribution >= 0.6 is 24.0 Å². The van der Waals surface area contributed by atoms with E-state index in [0.717, 1.165) is 43.1 Å². The third-order valence-electron chi connectivity index (χ3n) is 2.87. The maximum absolute atomic E-state index is 5.80. The van der Waals surface area contributed by atoms with Gasteiger partial charge in [-0.05, 0) is 37.5 Å². The minimum atomic E-state index is 0. The van der Waals surface area contributed by atoms with Gasteiger partial charge in [0.25, 0.3) is 0 Å². The fraction of sp³-hybridized carbons (Fsp3) is 0.533. The summed E-state index contributed by atoms with van der Waals surface area (Å²) in [6.07, 6.45) is 0.922. The molecule has 3 N–H and O–H groups in total. The fourth-order valence-corrected chi connectivity index (χ4v) is 1.81. The Bertz CT molecular complexity index is 439. The first-order chi connectivity index (χ1) is 9.67. The normalized spacial score (nSPS) is 10.9. The Morgan fingerprint density at radius 2 is 2.14 bits per heavy atom. The maximum atomic E-state index is 5.80. The van der Waals surface area contributed by atoms with Gasteiger partial charge >= 0.3 is 0 Å². The molecule has 0 aromatic heterocycles. The summed E-state index contributed by atoms with van der Waals surface area (Å²) in [5.74, 6) is 1.36. The van der Waals surface area contributed by atoms with E-state index < -0.39 is 0 Å². The second kappa shape index (κ2) is 11.6. The molecule has 21 heavy (non-hydrogen) atoms. The zero-order chi connectivity index (χ0) is 14.8. The van der Waals surface area contributed by atoms with Crippen LogP contribution in [0.2, 0.25) is 0 Å². The molecule has 0 aliphatic heterocycles. The fourth-order valence-electron chi connectivity index (χ4n) is 1.81. The third-order valence-corrected chi connectivity index (χ3v) is 2.87. The number of nitrogens with one attached hydrogen (secondary N) is 1. The summed E-state index contributed by atoms with van der Waals surface area (Å²) >= 11 is 0. The van der Waals surface area contributed by atoms with E-state index in [9.17, 15) is 0 Å². The Kier molecular flexibility index (Phi) is 11.1. The Morgan fingerprint density at radius 1 is 1.38 bits per heavy atom. The number of ether oxygens (including phenoxy) is 2. The van der Waals surface area contributed by atoms with Gasteiger partial charge in [-0.15, -0.1) is 24.0 Å². The zero-order valence-corrected chi connectivity index (χ0v) is 15.3. The van der Waals surface area contributed by atoms with E-state index in [4.69, 9.17) is 15.2 Å². The first kappa shape index (κ1) is 20.0. The summed E-state index contributed by atoms with van der Waals surface area (Å²) < 4.78 is 10.5. The first-order valence-electron chi connectivity index (χ1n) is 6.92. The van der Waals surface area contributed by atoms with Crippen molar-refractivity contribution in [2.24, 2.45) is 10.7 Å². The molecule has 0 amide bonds. The van der Waals surface area contributed by atoms with Gasteiger partial charge in [0.1, 0.15) is 5.75 Å². The number of rotatable bonds is 8. The molecule has 0 fully saturated rings. The molecule has 5 nitrogen and oxygen atoms in total. The van der Waals surface area contributed by atoms with Crippen molar-refractivity contribution < 1.29 is 9.47 Å². The monoisotopic (exact) mass is 407 g/mol. The van der Waals surface area contributed by atoms with Crippen molar-refractivity contribution >= 4 is 29.9 Å². The van der Waals surface area contributed by atoms with Gasteiger partial charge < -0.3 is 20.5 Å². The van der Waals surface area contributed by atoms with Crippen LogP contribution in [-0.4, -0.2) is 32.8 Å². The van der Waals surface area contributed by atoms with Crippen molar-refractivity contribution in [2.45, 2.75) is 26.8 Å². The predicted octanol–water partition coefficient (Wildman–Crippen LogP) is 2.45. The van der Waals surface area contributed by atoms with E-state index >= 15 is 0 Å². The summed E-state index contributed by atoms with van der Waals surface area (Å²) in [4.78, 5) is 4.31. The van der Waals surface area contributed by atoms with Crippen LogP contribution in [0.15, 0.2) is 23.2 Å². The number of aryl methyl sites for hydroxylation is 1. The van der Waals surface area contributed by atoms with Gasteiger partial charge in [0.15, 0.2) is 5.96 Å². The lowest BCUT2D eigenvalue weighted by Crippen LogP contribution is -2.32. The molecule has 0 saturated heterocycles. The Labute approximate surface area is 144 Å². The molecular weight excluding hydrogens is 381 g/mol. The lowest BCUT2D eigenvalue weighted by molar-refractivity contribution is 0.145. The summed E-state index contributed by atoms with van der Waals surface area (Å²) in [5, 5.41) is 3.07. The summed E-state index contributed by atoms with van der Waals surface area (Å²) in [7, 11) is 1.67. The quantitative estimate of drug-likeness (QED) is 0.301. The van der Waals surface area contributed by atoms with Crippen molar-refractivity contribution in [1.29, 1.82) is 0 Å². The molecule has 0 saturated carbocycles. The second-order valence-electron chi connectivity index (χ2n) is 4.48. The summed E-state index contributed by atoms with van der Waals surface area (Å²) in [5.41, 5.74) is 8.02. The number of nitrogens with zero attached hydrogens (tertiary/aromatic N) is 1. The molecule has 0 atom stereocenters. The number of aliphatic imine (C=N–C) groups is 1. The van der Waals surface area contributed by atoms with E-state index in [1.54, 1.807) is 7.11 Å². The van der Waals surface area contributed by atoms with Crippen molar-refractivity contribution in [3.8, 4) is 5.75 Å². The topological polar surface area (TPSA) is 68.9 Å². The molecule has 0 heterocycles. The van der Waals surface area contributed by atoms with E-state index in [1.165, 1.54) is 0 Å². The average molecular weight is 407 g/mol. The SMILES string of the molecule is CCOCCCNC(N)=NCc1ccc(OC)c(C)c1.I. The van der Waals surface area contributed by atoms with Gasteiger partial charge in [-0.1, -0.05) is 12.1 Å². The van der Waals surface area contributed by atoms with Crippen LogP contribution < -0.4 is 15.8 Å². The van der Waals surface area contributed by atoms with Crippen molar-refractivity contribution in [1.82, 2.24) is 5.32 Å². The summed E-state index contributed by atoms with van der Waals surface area (Å²) in [6, 6.07) is 6.01. The maximum Gasteiger partial charge on any atom is 0.188 e. The minimum Gasteiger partial charge on any atom is -0.496 e. The predicted molar refractivity (Wildman–Crippen MR) is 97.6 cm³/mol. The van der Waals surface area contributed by atoms with Crippen LogP contribution in [-0.2, 0) is 11.3 Å². The van der Waals surface area contributed by atoms with Gasteiger partial charge in [0.2, 0.25) is 0 Å². The number of hydrogen-bond acceptors (Lipinski definition) is 3. The second-order valence-corrected chi connectivity index (χ2v) is 4.48. The van der Waals surface area contributed by atoms with Crippen LogP contribution in [0.25, 0.3) is 0 Å². The first-order valence-corrected chi connectivity index (χ1v) is 6.92. The lowest BCUT2D eigenvalue weighted by Gasteiger charge is -2.07. The van der Waals surface area contributed by atoms with E-state index in [0.29, 0.717) is 12.5 Å². The van der Waals surface area contributed by atoms with Crippen LogP contribution in [0, 0.1) is 6.92 Å². The molecular formula is C15H26IN3O2. The molecule has 120 valence electrons. The lowest BCUT2D eigenvalue weighted by atomic mass is 10.1. The minimum absolute atomic E-state index is 0. The number of guanidine groups is 1. The van der Waals surface area contributed by atoms with Gasteiger partial charge in [-0.25, -0.2) is 4.99 Å². The highest BCUT2D eigenvalue weighted by molar-refractivity contribution is 14.0. The molecule has 1 rings (SSSR count). The molecule has 0 bridgehead atoms. The zero-order valence-electron chi connectivity index (χ0n) is 13.0. The van der Waals surface area contributed by atoms with Crippen molar-refractivity contribution in [3.63, 3.8) is 0 Å². The van der Waals surface area contributed by atoms with Crippen molar-refractivity contribution in [2.75, 3.05) is 26.9 Å². The molecule has 6 heteroatoms. The smallest absolute Gasteiger partial charge is 0.188 e. The van der Waals surface area contributed by atoms with Gasteiger partial charge in [-0.2, -0.15) is 0 Å². The Morgan fingerprint density at radius 3 is 2.76 bits per heavy atom. The molecule has 0 spiro atoms. The largest absolute Gasteiger partial charge is 0.496 e. The highest BCUT2D eigenvalue weighted by atomic mass is 127. The Hall–Kier alpha value is -1.02. The van der Waals surface area contributed by atoms with Crippen LogP contribution in [0.4, 0.5) is 0 Å². The summed E-state index contributed by atoms with van der Waals surface area (Å²) in [6.45, 7) is 6.84. The number of halogens is 1. The van der Waals surface area contributed by atoms with Gasteiger partial charge in [0, 0.05) is 19.8 Å².